The molecule has 0 saturated carbocycles. The second-order valence-electron chi connectivity index (χ2n) is 6.81. The Hall–Kier alpha value is -3.81. The van der Waals surface area contributed by atoms with Crippen LogP contribution in [-0.4, -0.2) is 25.2 Å². The van der Waals surface area contributed by atoms with Crippen LogP contribution in [0.4, 0.5) is 10.1 Å². The number of nitrogens with zero attached hydrogens (tertiary/aromatic N) is 4. The fourth-order valence-corrected chi connectivity index (χ4v) is 3.13. The summed E-state index contributed by atoms with van der Waals surface area (Å²) in [5.41, 5.74) is 3.29. The van der Waals surface area contributed by atoms with E-state index < -0.39 is 0 Å². The summed E-state index contributed by atoms with van der Waals surface area (Å²) in [5, 5.41) is 7.27. The number of benzene rings is 2. The molecule has 0 atom stereocenters. The first-order chi connectivity index (χ1) is 13.9. The third kappa shape index (κ3) is 3.64. The Morgan fingerprint density at radius 3 is 2.62 bits per heavy atom. The van der Waals surface area contributed by atoms with Gasteiger partial charge in [-0.25, -0.2) is 14.1 Å². The van der Waals surface area contributed by atoms with E-state index in [9.17, 15) is 14.0 Å². The van der Waals surface area contributed by atoms with Crippen LogP contribution in [0.1, 0.15) is 11.1 Å². The lowest BCUT2D eigenvalue weighted by Gasteiger charge is -2.10. The molecule has 1 amide bonds. The number of anilines is 1. The van der Waals surface area contributed by atoms with Crippen LogP contribution in [0.5, 0.6) is 0 Å². The SMILES string of the molecule is Cc1ccc(NC(=O)Cn2cnc3c(cnn3-c3ccc(F)cc3)c2=O)c(C)c1. The van der Waals surface area contributed by atoms with Crippen LogP contribution < -0.4 is 10.9 Å². The van der Waals surface area contributed by atoms with E-state index in [1.54, 1.807) is 12.1 Å². The molecule has 4 rings (SSSR count). The molecular formula is C21H18FN5O2. The number of carbonyl (C=O) groups is 1. The van der Waals surface area contributed by atoms with Crippen molar-refractivity contribution in [3.05, 3.63) is 82.3 Å². The molecule has 0 spiro atoms. The van der Waals surface area contributed by atoms with Crippen LogP contribution >= 0.6 is 0 Å². The van der Waals surface area contributed by atoms with Gasteiger partial charge in [-0.3, -0.25) is 14.2 Å². The molecule has 0 aliphatic heterocycles. The van der Waals surface area contributed by atoms with Crippen molar-refractivity contribution in [3.63, 3.8) is 0 Å². The summed E-state index contributed by atoms with van der Waals surface area (Å²) in [6.45, 7) is 3.72. The molecular weight excluding hydrogens is 373 g/mol. The average molecular weight is 391 g/mol. The maximum Gasteiger partial charge on any atom is 0.264 e. The number of rotatable bonds is 4. The molecule has 2 aromatic heterocycles. The van der Waals surface area contributed by atoms with Crippen LogP contribution in [0.15, 0.2) is 59.8 Å². The van der Waals surface area contributed by atoms with Crippen molar-refractivity contribution in [1.29, 1.82) is 0 Å². The first-order valence-electron chi connectivity index (χ1n) is 8.98. The standard InChI is InChI=1S/C21H18FN5O2/c1-13-3-8-18(14(2)9-13)25-19(28)11-26-12-23-20-17(21(26)29)10-24-27(20)16-6-4-15(22)5-7-16/h3-10,12H,11H2,1-2H3,(H,25,28). The minimum Gasteiger partial charge on any atom is -0.324 e. The van der Waals surface area contributed by atoms with Crippen molar-refractivity contribution >= 4 is 22.6 Å². The third-order valence-corrected chi connectivity index (χ3v) is 4.60. The van der Waals surface area contributed by atoms with E-state index in [0.29, 0.717) is 17.0 Å². The predicted octanol–water partition coefficient (Wildman–Crippen LogP) is 2.98. The molecule has 0 aliphatic rings. The molecule has 8 heteroatoms. The van der Waals surface area contributed by atoms with Gasteiger partial charge >= 0.3 is 0 Å². The Labute approximate surface area is 165 Å². The smallest absolute Gasteiger partial charge is 0.264 e. The number of hydrogen-bond acceptors (Lipinski definition) is 4. The highest BCUT2D eigenvalue weighted by Crippen LogP contribution is 2.16. The summed E-state index contributed by atoms with van der Waals surface area (Å²) >= 11 is 0. The van der Waals surface area contributed by atoms with Crippen molar-refractivity contribution in [1.82, 2.24) is 19.3 Å². The van der Waals surface area contributed by atoms with E-state index in [4.69, 9.17) is 0 Å². The maximum atomic E-state index is 13.1. The topological polar surface area (TPSA) is 81.8 Å². The molecule has 2 heterocycles. The molecule has 0 aliphatic carbocycles. The lowest BCUT2D eigenvalue weighted by atomic mass is 10.1. The number of amides is 1. The number of hydrogen-bond donors (Lipinski definition) is 1. The Balaban J connectivity index is 1.60. The zero-order valence-electron chi connectivity index (χ0n) is 15.9. The number of aryl methyl sites for hydroxylation is 2. The first kappa shape index (κ1) is 18.5. The second-order valence-corrected chi connectivity index (χ2v) is 6.81. The van der Waals surface area contributed by atoms with Crippen molar-refractivity contribution in [2.24, 2.45) is 0 Å². The molecule has 1 N–H and O–H groups in total. The lowest BCUT2D eigenvalue weighted by molar-refractivity contribution is -0.116. The number of nitrogens with one attached hydrogen (secondary N) is 1. The highest BCUT2D eigenvalue weighted by Gasteiger charge is 2.14. The molecule has 0 saturated heterocycles. The molecule has 0 fully saturated rings. The number of aromatic nitrogens is 4. The summed E-state index contributed by atoms with van der Waals surface area (Å²) < 4.78 is 15.8. The number of fused-ring (bicyclic) bond motifs is 1. The van der Waals surface area contributed by atoms with E-state index in [0.717, 1.165) is 11.1 Å². The fraction of sp³-hybridized carbons (Fsp3) is 0.143. The molecule has 2 aromatic carbocycles. The van der Waals surface area contributed by atoms with Crippen LogP contribution in [0, 0.1) is 19.7 Å². The normalized spacial score (nSPS) is 11.0. The predicted molar refractivity (Wildman–Crippen MR) is 108 cm³/mol. The summed E-state index contributed by atoms with van der Waals surface area (Å²) in [7, 11) is 0. The van der Waals surface area contributed by atoms with Gasteiger partial charge in [-0.1, -0.05) is 17.7 Å². The van der Waals surface area contributed by atoms with Crippen LogP contribution in [0.2, 0.25) is 0 Å². The largest absolute Gasteiger partial charge is 0.324 e. The van der Waals surface area contributed by atoms with Gasteiger partial charge in [-0.2, -0.15) is 5.10 Å². The average Bonchev–Trinajstić information content (AvgIpc) is 3.12. The lowest BCUT2D eigenvalue weighted by Crippen LogP contribution is -2.28. The van der Waals surface area contributed by atoms with Gasteiger partial charge in [0.05, 0.1) is 11.9 Å². The first-order valence-corrected chi connectivity index (χ1v) is 8.98. The van der Waals surface area contributed by atoms with Gasteiger partial charge < -0.3 is 5.32 Å². The van der Waals surface area contributed by atoms with Crippen molar-refractivity contribution in [2.75, 3.05) is 5.32 Å². The zero-order chi connectivity index (χ0) is 20.5. The van der Waals surface area contributed by atoms with E-state index in [1.807, 2.05) is 32.0 Å². The molecule has 146 valence electrons. The number of carbonyl (C=O) groups excluding carboxylic acids is 1. The quantitative estimate of drug-likeness (QED) is 0.580. The zero-order valence-corrected chi connectivity index (χ0v) is 15.9. The monoisotopic (exact) mass is 391 g/mol. The van der Waals surface area contributed by atoms with Crippen LogP contribution in [0.25, 0.3) is 16.7 Å². The second kappa shape index (κ2) is 7.31. The molecule has 0 unspecified atom stereocenters. The highest BCUT2D eigenvalue weighted by atomic mass is 19.1. The summed E-state index contributed by atoms with van der Waals surface area (Å²) in [5.74, 6) is -0.693. The van der Waals surface area contributed by atoms with Gasteiger partial charge in [0, 0.05) is 5.69 Å². The van der Waals surface area contributed by atoms with Crippen LogP contribution in [-0.2, 0) is 11.3 Å². The maximum absolute atomic E-state index is 13.1. The molecule has 7 nitrogen and oxygen atoms in total. The van der Waals surface area contributed by atoms with Gasteiger partial charge in [0.25, 0.3) is 5.56 Å². The van der Waals surface area contributed by atoms with E-state index >= 15 is 0 Å². The van der Waals surface area contributed by atoms with Gasteiger partial charge in [-0.05, 0) is 49.7 Å². The molecule has 29 heavy (non-hydrogen) atoms. The Morgan fingerprint density at radius 2 is 1.90 bits per heavy atom. The Kier molecular flexibility index (Phi) is 4.67. The van der Waals surface area contributed by atoms with Crippen molar-refractivity contribution < 1.29 is 9.18 Å². The van der Waals surface area contributed by atoms with E-state index in [1.165, 1.54) is 33.9 Å². The van der Waals surface area contributed by atoms with Gasteiger partial charge in [-0.15, -0.1) is 0 Å². The van der Waals surface area contributed by atoms with Crippen molar-refractivity contribution in [2.45, 2.75) is 20.4 Å². The minimum atomic E-state index is -0.376. The molecule has 0 bridgehead atoms. The van der Waals surface area contributed by atoms with E-state index in [2.05, 4.69) is 15.4 Å². The molecule has 0 radical (unpaired) electrons. The Morgan fingerprint density at radius 1 is 1.14 bits per heavy atom. The fourth-order valence-electron chi connectivity index (χ4n) is 3.13. The number of halogens is 1. The minimum absolute atomic E-state index is 0.170. The summed E-state index contributed by atoms with van der Waals surface area (Å²) in [6, 6.07) is 11.4. The third-order valence-electron chi connectivity index (χ3n) is 4.60. The van der Waals surface area contributed by atoms with Crippen molar-refractivity contribution in [3.8, 4) is 5.69 Å². The van der Waals surface area contributed by atoms with Gasteiger partial charge in [0.1, 0.15) is 24.1 Å². The Bertz CT molecular complexity index is 1270. The highest BCUT2D eigenvalue weighted by molar-refractivity contribution is 5.91. The summed E-state index contributed by atoms with van der Waals surface area (Å²) in [6.07, 6.45) is 2.71. The van der Waals surface area contributed by atoms with Gasteiger partial charge in [0.2, 0.25) is 5.91 Å². The van der Waals surface area contributed by atoms with Crippen LogP contribution in [0.3, 0.4) is 0 Å². The van der Waals surface area contributed by atoms with E-state index in [-0.39, 0.29) is 29.2 Å². The molecule has 4 aromatic rings. The van der Waals surface area contributed by atoms with Gasteiger partial charge in [0.15, 0.2) is 5.65 Å². The summed E-state index contributed by atoms with van der Waals surface area (Å²) in [4.78, 5) is 29.4.